The first kappa shape index (κ1) is 16.7. The molecule has 1 aliphatic heterocycles. The Morgan fingerprint density at radius 3 is 2.52 bits per heavy atom. The number of hydrogen-bond acceptors (Lipinski definition) is 3. The topological polar surface area (TPSA) is 49.4 Å². The van der Waals surface area contributed by atoms with E-state index >= 15 is 0 Å². The summed E-state index contributed by atoms with van der Waals surface area (Å²) in [6, 6.07) is 7.27. The van der Waals surface area contributed by atoms with Crippen LogP contribution in [0.5, 0.6) is 0 Å². The van der Waals surface area contributed by atoms with Gasteiger partial charge in [-0.3, -0.25) is 9.69 Å². The summed E-state index contributed by atoms with van der Waals surface area (Å²) in [5.74, 6) is 0. The first-order valence-electron chi connectivity index (χ1n) is 8.12. The van der Waals surface area contributed by atoms with Crippen molar-refractivity contribution in [2.24, 2.45) is 0 Å². The number of carbonyl (C=O) groups is 2. The number of halogens is 1. The fourth-order valence-corrected chi connectivity index (χ4v) is 4.64. The second-order valence-corrected chi connectivity index (χ2v) is 7.78. The number of urea groups is 1. The molecule has 2 aliphatic rings. The van der Waals surface area contributed by atoms with E-state index in [1.807, 2.05) is 31.2 Å². The molecule has 0 aromatic heterocycles. The van der Waals surface area contributed by atoms with Crippen LogP contribution < -0.4 is 5.32 Å². The first-order chi connectivity index (χ1) is 11.1. The summed E-state index contributed by atoms with van der Waals surface area (Å²) >= 11 is 7.14. The molecule has 4 nitrogen and oxygen atoms in total. The quantitative estimate of drug-likeness (QED) is 0.816. The van der Waals surface area contributed by atoms with E-state index in [2.05, 4.69) is 5.32 Å². The van der Waals surface area contributed by atoms with E-state index in [9.17, 15) is 9.59 Å². The average molecular weight is 353 g/mol. The summed E-state index contributed by atoms with van der Waals surface area (Å²) in [6.45, 7) is 1.93. The molecule has 1 heterocycles. The lowest BCUT2D eigenvalue weighted by Gasteiger charge is -2.27. The monoisotopic (exact) mass is 352 g/mol. The highest BCUT2D eigenvalue weighted by Crippen LogP contribution is 2.43. The molecule has 1 aliphatic carbocycles. The Kier molecular flexibility index (Phi) is 5.17. The van der Waals surface area contributed by atoms with E-state index in [1.54, 1.807) is 0 Å². The fraction of sp³-hybridized carbons (Fsp3) is 0.529. The highest BCUT2D eigenvalue weighted by atomic mass is 35.5. The summed E-state index contributed by atoms with van der Waals surface area (Å²) in [5.41, 5.74) is 1.02. The van der Waals surface area contributed by atoms with Gasteiger partial charge in [-0.15, -0.1) is 0 Å². The van der Waals surface area contributed by atoms with E-state index in [1.165, 1.54) is 23.1 Å². The van der Waals surface area contributed by atoms with Crippen LogP contribution in [-0.4, -0.2) is 28.3 Å². The number of imide groups is 1. The minimum absolute atomic E-state index is 0.0446. The first-order valence-corrected chi connectivity index (χ1v) is 9.38. The van der Waals surface area contributed by atoms with Gasteiger partial charge in [0, 0.05) is 11.1 Å². The zero-order chi connectivity index (χ0) is 16.4. The Bertz CT molecular complexity index is 587. The van der Waals surface area contributed by atoms with Gasteiger partial charge in [0.1, 0.15) is 0 Å². The van der Waals surface area contributed by atoms with Crippen molar-refractivity contribution in [3.8, 4) is 0 Å². The van der Waals surface area contributed by atoms with Gasteiger partial charge in [0.25, 0.3) is 5.24 Å². The van der Waals surface area contributed by atoms with Crippen LogP contribution in [0, 0.1) is 0 Å². The molecule has 1 saturated carbocycles. The normalized spacial score (nSPS) is 25.7. The van der Waals surface area contributed by atoms with Crippen LogP contribution in [-0.2, 0) is 0 Å². The smallest absolute Gasteiger partial charge is 0.325 e. The molecule has 0 spiro atoms. The van der Waals surface area contributed by atoms with Crippen LogP contribution in [0.3, 0.4) is 0 Å². The summed E-state index contributed by atoms with van der Waals surface area (Å²) in [5, 5.41) is 3.48. The third kappa shape index (κ3) is 3.66. The number of nitrogens with one attached hydrogen (secondary N) is 1. The number of carbonyl (C=O) groups excluding carboxylic acids is 2. The number of hydrogen-bond donors (Lipinski definition) is 1. The molecular weight excluding hydrogens is 332 g/mol. The Hall–Kier alpha value is -1.20. The molecule has 1 unspecified atom stereocenters. The van der Waals surface area contributed by atoms with Crippen molar-refractivity contribution in [3.05, 3.63) is 34.9 Å². The lowest BCUT2D eigenvalue weighted by Crippen LogP contribution is -2.48. The molecule has 1 saturated heterocycles. The lowest BCUT2D eigenvalue weighted by molar-refractivity contribution is 0.184. The van der Waals surface area contributed by atoms with Crippen molar-refractivity contribution < 1.29 is 9.59 Å². The molecule has 2 atom stereocenters. The van der Waals surface area contributed by atoms with Gasteiger partial charge in [-0.25, -0.2) is 4.79 Å². The van der Waals surface area contributed by atoms with Crippen LogP contribution >= 0.6 is 23.4 Å². The minimum Gasteiger partial charge on any atom is -0.335 e. The van der Waals surface area contributed by atoms with Gasteiger partial charge < -0.3 is 5.32 Å². The largest absolute Gasteiger partial charge is 0.335 e. The third-order valence-electron chi connectivity index (χ3n) is 4.62. The number of amides is 3. The maximum atomic E-state index is 12.5. The molecule has 1 N–H and O–H groups in total. The molecular formula is C17H21ClN2O2S. The molecule has 2 fully saturated rings. The van der Waals surface area contributed by atoms with Crippen LogP contribution in [0.4, 0.5) is 9.59 Å². The van der Waals surface area contributed by atoms with Crippen LogP contribution in [0.1, 0.15) is 49.8 Å². The van der Waals surface area contributed by atoms with Gasteiger partial charge in [0.2, 0.25) is 0 Å². The van der Waals surface area contributed by atoms with E-state index < -0.39 is 0 Å². The number of benzene rings is 1. The Labute approximate surface area is 145 Å². The van der Waals surface area contributed by atoms with E-state index in [0.29, 0.717) is 5.02 Å². The van der Waals surface area contributed by atoms with Crippen molar-refractivity contribution in [2.45, 2.75) is 56.4 Å². The summed E-state index contributed by atoms with van der Waals surface area (Å²) in [4.78, 5) is 26.2. The van der Waals surface area contributed by atoms with Crippen LogP contribution in [0.15, 0.2) is 24.3 Å². The van der Waals surface area contributed by atoms with Gasteiger partial charge in [0.15, 0.2) is 0 Å². The molecule has 3 amide bonds. The average Bonchev–Trinajstić information content (AvgIpc) is 2.84. The Balaban J connectivity index is 1.69. The molecule has 0 radical (unpaired) electrons. The minimum atomic E-state index is -0.252. The second-order valence-electron chi connectivity index (χ2n) is 6.25. The maximum absolute atomic E-state index is 12.5. The van der Waals surface area contributed by atoms with Crippen molar-refractivity contribution in [1.29, 1.82) is 0 Å². The zero-order valence-electron chi connectivity index (χ0n) is 13.1. The van der Waals surface area contributed by atoms with E-state index in [4.69, 9.17) is 11.6 Å². The van der Waals surface area contributed by atoms with Gasteiger partial charge in [-0.05, 0) is 37.5 Å². The molecule has 6 heteroatoms. The third-order valence-corrected chi connectivity index (χ3v) is 6.19. The van der Waals surface area contributed by atoms with Gasteiger partial charge in [0.05, 0.1) is 11.3 Å². The van der Waals surface area contributed by atoms with Crippen LogP contribution in [0.2, 0.25) is 5.02 Å². The summed E-state index contributed by atoms with van der Waals surface area (Å²) < 4.78 is 0. The van der Waals surface area contributed by atoms with E-state index in [0.717, 1.165) is 31.2 Å². The molecule has 23 heavy (non-hydrogen) atoms. The number of thioether (sulfide) groups is 1. The highest BCUT2D eigenvalue weighted by molar-refractivity contribution is 8.14. The van der Waals surface area contributed by atoms with Gasteiger partial charge in [-0.2, -0.15) is 0 Å². The van der Waals surface area contributed by atoms with Crippen molar-refractivity contribution >= 4 is 34.6 Å². The van der Waals surface area contributed by atoms with Gasteiger partial charge in [-0.1, -0.05) is 54.8 Å². The van der Waals surface area contributed by atoms with Crippen molar-refractivity contribution in [1.82, 2.24) is 10.2 Å². The van der Waals surface area contributed by atoms with Crippen molar-refractivity contribution in [3.63, 3.8) is 0 Å². The molecule has 124 valence electrons. The van der Waals surface area contributed by atoms with E-state index in [-0.39, 0.29) is 28.6 Å². The Morgan fingerprint density at radius 2 is 1.87 bits per heavy atom. The number of nitrogens with zero attached hydrogens (tertiary/aromatic N) is 1. The second kappa shape index (κ2) is 7.14. The summed E-state index contributed by atoms with van der Waals surface area (Å²) in [7, 11) is 0. The number of rotatable bonds is 2. The molecule has 0 bridgehead atoms. The SMILES string of the molecule is C[C@@H]1C(c2ccc(Cl)cc2)SC(=O)N1C(=O)NC1CCCCC1. The molecule has 3 rings (SSSR count). The standard InChI is InChI=1S/C17H21ClN2O2S/c1-11-15(12-7-9-13(18)10-8-12)23-17(22)20(11)16(21)19-14-5-3-2-4-6-14/h7-11,14-15H,2-6H2,1H3,(H,19,21)/t11-,15?/m1/s1. The highest BCUT2D eigenvalue weighted by Gasteiger charge is 2.42. The predicted molar refractivity (Wildman–Crippen MR) is 93.9 cm³/mol. The lowest BCUT2D eigenvalue weighted by atomic mass is 9.96. The van der Waals surface area contributed by atoms with Gasteiger partial charge >= 0.3 is 6.03 Å². The van der Waals surface area contributed by atoms with Crippen LogP contribution in [0.25, 0.3) is 0 Å². The zero-order valence-corrected chi connectivity index (χ0v) is 14.7. The predicted octanol–water partition coefficient (Wildman–Crippen LogP) is 4.98. The molecule has 1 aromatic carbocycles. The summed E-state index contributed by atoms with van der Waals surface area (Å²) in [6.07, 6.45) is 5.55. The Morgan fingerprint density at radius 1 is 1.22 bits per heavy atom. The maximum Gasteiger partial charge on any atom is 0.325 e. The fourth-order valence-electron chi connectivity index (χ4n) is 3.32. The van der Waals surface area contributed by atoms with Crippen molar-refractivity contribution in [2.75, 3.05) is 0 Å². The molecule has 1 aromatic rings.